The van der Waals surface area contributed by atoms with Gasteiger partial charge < -0.3 is 9.73 Å². The molecular formula is C15H26N2O. The zero-order valence-electron chi connectivity index (χ0n) is 12.2. The van der Waals surface area contributed by atoms with E-state index in [-0.39, 0.29) is 11.0 Å². The Morgan fingerprint density at radius 2 is 1.94 bits per heavy atom. The maximum atomic E-state index is 5.95. The van der Waals surface area contributed by atoms with E-state index in [2.05, 4.69) is 38.0 Å². The molecule has 1 heterocycles. The van der Waals surface area contributed by atoms with Gasteiger partial charge in [-0.1, -0.05) is 26.2 Å². The predicted octanol–water partition coefficient (Wildman–Crippen LogP) is 3.78. The molecule has 0 amide bonds. The third-order valence-electron chi connectivity index (χ3n) is 3.88. The molecule has 0 saturated heterocycles. The summed E-state index contributed by atoms with van der Waals surface area (Å²) in [6, 6.07) is 0. The third kappa shape index (κ3) is 3.35. The standard InChI is InChI=1S/C15H26N2O/c1-14(2,3)17-11-13-16-10-12(18-13)15(4)8-6-5-7-9-15/h10,17H,5-9,11H2,1-4H3. The minimum Gasteiger partial charge on any atom is -0.444 e. The fourth-order valence-corrected chi connectivity index (χ4v) is 2.59. The van der Waals surface area contributed by atoms with Crippen LogP contribution in [-0.4, -0.2) is 10.5 Å². The van der Waals surface area contributed by atoms with Crippen molar-refractivity contribution in [3.63, 3.8) is 0 Å². The molecule has 0 atom stereocenters. The highest BCUT2D eigenvalue weighted by Gasteiger charge is 2.32. The average molecular weight is 250 g/mol. The van der Waals surface area contributed by atoms with Crippen LogP contribution >= 0.6 is 0 Å². The van der Waals surface area contributed by atoms with E-state index in [1.165, 1.54) is 32.1 Å². The van der Waals surface area contributed by atoms with Gasteiger partial charge in [0.25, 0.3) is 0 Å². The predicted molar refractivity (Wildman–Crippen MR) is 73.5 cm³/mol. The van der Waals surface area contributed by atoms with E-state index in [0.717, 1.165) is 11.7 Å². The van der Waals surface area contributed by atoms with Gasteiger partial charge in [0.2, 0.25) is 5.89 Å². The molecule has 0 bridgehead atoms. The van der Waals surface area contributed by atoms with Crippen molar-refractivity contribution in [1.29, 1.82) is 0 Å². The van der Waals surface area contributed by atoms with Crippen LogP contribution in [0, 0.1) is 0 Å². The number of hydrogen-bond acceptors (Lipinski definition) is 3. The molecular weight excluding hydrogens is 224 g/mol. The molecule has 1 aliphatic rings. The number of nitrogens with zero attached hydrogens (tertiary/aromatic N) is 1. The fraction of sp³-hybridized carbons (Fsp3) is 0.800. The second-order valence-corrected chi connectivity index (χ2v) is 6.84. The highest BCUT2D eigenvalue weighted by atomic mass is 16.4. The van der Waals surface area contributed by atoms with Crippen LogP contribution in [0.3, 0.4) is 0 Å². The number of hydrogen-bond donors (Lipinski definition) is 1. The Morgan fingerprint density at radius 1 is 1.28 bits per heavy atom. The normalized spacial score (nSPS) is 20.0. The first-order chi connectivity index (χ1) is 8.39. The van der Waals surface area contributed by atoms with E-state index in [1.807, 2.05) is 6.20 Å². The number of rotatable bonds is 3. The number of oxazole rings is 1. The minimum absolute atomic E-state index is 0.101. The smallest absolute Gasteiger partial charge is 0.208 e. The lowest BCUT2D eigenvalue weighted by Crippen LogP contribution is -2.35. The summed E-state index contributed by atoms with van der Waals surface area (Å²) >= 11 is 0. The summed E-state index contributed by atoms with van der Waals surface area (Å²) in [4.78, 5) is 4.41. The molecule has 0 spiro atoms. The van der Waals surface area contributed by atoms with Crippen molar-refractivity contribution in [2.45, 2.75) is 77.3 Å². The van der Waals surface area contributed by atoms with Gasteiger partial charge in [0, 0.05) is 11.0 Å². The largest absolute Gasteiger partial charge is 0.444 e. The van der Waals surface area contributed by atoms with Crippen molar-refractivity contribution in [2.24, 2.45) is 0 Å². The zero-order chi connectivity index (χ0) is 13.2. The molecule has 102 valence electrons. The Morgan fingerprint density at radius 3 is 2.56 bits per heavy atom. The Labute approximate surface area is 110 Å². The highest BCUT2D eigenvalue weighted by molar-refractivity contribution is 5.11. The van der Waals surface area contributed by atoms with Crippen molar-refractivity contribution < 1.29 is 4.42 Å². The Bertz CT molecular complexity index is 383. The van der Waals surface area contributed by atoms with E-state index in [4.69, 9.17) is 4.42 Å². The van der Waals surface area contributed by atoms with Crippen LogP contribution in [0.2, 0.25) is 0 Å². The van der Waals surface area contributed by atoms with E-state index >= 15 is 0 Å². The van der Waals surface area contributed by atoms with Gasteiger partial charge in [0.1, 0.15) is 5.76 Å². The van der Waals surface area contributed by atoms with Crippen LogP contribution in [0.25, 0.3) is 0 Å². The maximum Gasteiger partial charge on any atom is 0.208 e. The van der Waals surface area contributed by atoms with Crippen LogP contribution in [0.1, 0.15) is 71.5 Å². The SMILES string of the molecule is CC(C)(C)NCc1ncc(C2(C)CCCCC2)o1. The molecule has 1 fully saturated rings. The Hall–Kier alpha value is -0.830. The van der Waals surface area contributed by atoms with Crippen LogP contribution < -0.4 is 5.32 Å². The third-order valence-corrected chi connectivity index (χ3v) is 3.88. The molecule has 1 aliphatic carbocycles. The molecule has 0 radical (unpaired) electrons. The van der Waals surface area contributed by atoms with Gasteiger partial charge in [-0.3, -0.25) is 0 Å². The van der Waals surface area contributed by atoms with E-state index in [1.54, 1.807) is 0 Å². The molecule has 2 rings (SSSR count). The highest BCUT2D eigenvalue weighted by Crippen LogP contribution is 2.39. The van der Waals surface area contributed by atoms with Gasteiger partial charge in [0.15, 0.2) is 0 Å². The summed E-state index contributed by atoms with van der Waals surface area (Å²) in [6.07, 6.45) is 8.38. The van der Waals surface area contributed by atoms with Crippen molar-refractivity contribution in [1.82, 2.24) is 10.3 Å². The van der Waals surface area contributed by atoms with Crippen molar-refractivity contribution in [3.05, 3.63) is 17.8 Å². The Kier molecular flexibility index (Phi) is 3.81. The summed E-state index contributed by atoms with van der Waals surface area (Å²) in [5.41, 5.74) is 0.314. The van der Waals surface area contributed by atoms with Crippen molar-refractivity contribution in [2.75, 3.05) is 0 Å². The second-order valence-electron chi connectivity index (χ2n) is 6.84. The maximum absolute atomic E-state index is 5.95. The molecule has 18 heavy (non-hydrogen) atoms. The van der Waals surface area contributed by atoms with Gasteiger partial charge in [-0.25, -0.2) is 4.98 Å². The lowest BCUT2D eigenvalue weighted by molar-refractivity contribution is 0.257. The topological polar surface area (TPSA) is 38.1 Å². The molecule has 1 saturated carbocycles. The monoisotopic (exact) mass is 250 g/mol. The lowest BCUT2D eigenvalue weighted by Gasteiger charge is -2.31. The molecule has 1 aromatic rings. The molecule has 1 aromatic heterocycles. The van der Waals surface area contributed by atoms with Crippen molar-refractivity contribution >= 4 is 0 Å². The van der Waals surface area contributed by atoms with Crippen molar-refractivity contribution in [3.8, 4) is 0 Å². The van der Waals surface area contributed by atoms with Gasteiger partial charge in [-0.05, 0) is 33.6 Å². The number of nitrogens with one attached hydrogen (secondary N) is 1. The molecule has 3 heteroatoms. The molecule has 3 nitrogen and oxygen atoms in total. The van der Waals surface area contributed by atoms with E-state index in [9.17, 15) is 0 Å². The second kappa shape index (κ2) is 5.04. The van der Waals surface area contributed by atoms with Crippen LogP contribution in [0.4, 0.5) is 0 Å². The Balaban J connectivity index is 2.01. The van der Waals surface area contributed by atoms with Gasteiger partial charge in [0.05, 0.1) is 12.7 Å². The summed E-state index contributed by atoms with van der Waals surface area (Å²) in [6.45, 7) is 9.48. The molecule has 0 unspecified atom stereocenters. The zero-order valence-corrected chi connectivity index (χ0v) is 12.2. The first-order valence-electron chi connectivity index (χ1n) is 7.09. The summed E-state index contributed by atoms with van der Waals surface area (Å²) in [5, 5.41) is 3.41. The molecule has 0 aliphatic heterocycles. The van der Waals surface area contributed by atoms with Gasteiger partial charge in [-0.2, -0.15) is 0 Å². The lowest BCUT2D eigenvalue weighted by atomic mass is 9.74. The van der Waals surface area contributed by atoms with Crippen LogP contribution in [0.5, 0.6) is 0 Å². The van der Waals surface area contributed by atoms with E-state index in [0.29, 0.717) is 6.54 Å². The quantitative estimate of drug-likeness (QED) is 0.887. The summed E-state index contributed by atoms with van der Waals surface area (Å²) < 4.78 is 5.95. The van der Waals surface area contributed by atoms with E-state index < -0.39 is 0 Å². The van der Waals surface area contributed by atoms with Gasteiger partial charge in [-0.15, -0.1) is 0 Å². The minimum atomic E-state index is 0.101. The van der Waals surface area contributed by atoms with Gasteiger partial charge >= 0.3 is 0 Å². The number of aromatic nitrogens is 1. The van der Waals surface area contributed by atoms with Crippen LogP contribution in [0.15, 0.2) is 10.6 Å². The van der Waals surface area contributed by atoms with Crippen LogP contribution in [-0.2, 0) is 12.0 Å². The molecule has 0 aromatic carbocycles. The first kappa shape index (κ1) is 13.6. The molecule has 1 N–H and O–H groups in total. The fourth-order valence-electron chi connectivity index (χ4n) is 2.59. The average Bonchev–Trinajstić information content (AvgIpc) is 2.76. The first-order valence-corrected chi connectivity index (χ1v) is 7.09. The summed E-state index contributed by atoms with van der Waals surface area (Å²) in [5.74, 6) is 1.89. The summed E-state index contributed by atoms with van der Waals surface area (Å²) in [7, 11) is 0.